The molecule has 0 atom stereocenters. The van der Waals surface area contributed by atoms with Crippen LogP contribution >= 0.6 is 22.9 Å². The molecule has 33 heavy (non-hydrogen) atoms. The van der Waals surface area contributed by atoms with Gasteiger partial charge in [0.15, 0.2) is 11.5 Å². The number of halogens is 1. The Kier molecular flexibility index (Phi) is 6.03. The fraction of sp³-hybridized carbons (Fsp3) is 0.435. The number of thiophene rings is 1. The average Bonchev–Trinajstić information content (AvgIpc) is 3.37. The lowest BCUT2D eigenvalue weighted by Crippen LogP contribution is -2.46. The number of hydrogen-bond acceptors (Lipinski definition) is 9. The first-order valence-corrected chi connectivity index (χ1v) is 12.1. The van der Waals surface area contributed by atoms with E-state index in [0.717, 1.165) is 61.0 Å². The molecule has 0 bridgehead atoms. The number of ether oxygens (including phenoxy) is 3. The van der Waals surface area contributed by atoms with Gasteiger partial charge in [-0.05, 0) is 55.6 Å². The van der Waals surface area contributed by atoms with E-state index in [1.165, 1.54) is 16.9 Å². The largest absolute Gasteiger partial charge is 0.459 e. The van der Waals surface area contributed by atoms with Crippen LogP contribution in [-0.4, -0.2) is 59.9 Å². The van der Waals surface area contributed by atoms with Gasteiger partial charge < -0.3 is 19.1 Å². The van der Waals surface area contributed by atoms with E-state index in [1.54, 1.807) is 0 Å². The maximum Gasteiger partial charge on any atom is 0.348 e. The Balaban J connectivity index is 1.33. The number of carbonyl (C=O) groups is 1. The van der Waals surface area contributed by atoms with Crippen LogP contribution in [0.25, 0.3) is 10.2 Å². The molecule has 4 heterocycles. The normalized spacial score (nSPS) is 16.1. The number of rotatable bonds is 5. The van der Waals surface area contributed by atoms with Crippen LogP contribution in [0.4, 0.5) is 5.82 Å². The third-order valence-corrected chi connectivity index (χ3v) is 7.12. The van der Waals surface area contributed by atoms with Crippen LogP contribution in [0, 0.1) is 6.92 Å². The number of benzene rings is 1. The molecule has 2 aliphatic rings. The molecule has 0 N–H and O–H groups in total. The van der Waals surface area contributed by atoms with Crippen molar-refractivity contribution in [3.8, 4) is 11.5 Å². The summed E-state index contributed by atoms with van der Waals surface area (Å²) >= 11 is 7.57. The van der Waals surface area contributed by atoms with Crippen molar-refractivity contribution < 1.29 is 19.0 Å². The van der Waals surface area contributed by atoms with E-state index in [2.05, 4.69) is 31.9 Å². The first kappa shape index (κ1) is 22.2. The zero-order chi connectivity index (χ0) is 23.1. The third-order valence-electron chi connectivity index (χ3n) is 5.79. The van der Waals surface area contributed by atoms with Crippen molar-refractivity contribution in [1.29, 1.82) is 0 Å². The Bertz CT molecular complexity index is 1210. The SMILES string of the molecule is Cc1c(C(=O)OC(C)C)sc2nc(Cl)nc(N3CCN(Cc4ccc5c(c4)OCO5)CC3)c12. The van der Waals surface area contributed by atoms with E-state index in [-0.39, 0.29) is 24.1 Å². The lowest BCUT2D eigenvalue weighted by molar-refractivity contribution is 0.0383. The molecule has 8 nitrogen and oxygen atoms in total. The highest BCUT2D eigenvalue weighted by molar-refractivity contribution is 7.20. The molecule has 1 saturated heterocycles. The zero-order valence-electron chi connectivity index (χ0n) is 18.8. The monoisotopic (exact) mass is 488 g/mol. The van der Waals surface area contributed by atoms with Crippen LogP contribution in [0.1, 0.15) is 34.6 Å². The minimum absolute atomic E-state index is 0.185. The maximum atomic E-state index is 12.6. The molecular weight excluding hydrogens is 464 g/mol. The van der Waals surface area contributed by atoms with Gasteiger partial charge in [-0.2, -0.15) is 4.98 Å². The summed E-state index contributed by atoms with van der Waals surface area (Å²) in [4.78, 5) is 27.4. The summed E-state index contributed by atoms with van der Waals surface area (Å²) in [5.74, 6) is 2.06. The van der Waals surface area contributed by atoms with Crippen LogP contribution in [0.5, 0.6) is 11.5 Å². The number of aryl methyl sites for hydroxylation is 1. The van der Waals surface area contributed by atoms with Crippen molar-refractivity contribution in [2.75, 3.05) is 37.9 Å². The number of carbonyl (C=O) groups excluding carboxylic acids is 1. The highest BCUT2D eigenvalue weighted by atomic mass is 35.5. The van der Waals surface area contributed by atoms with E-state index >= 15 is 0 Å². The standard InChI is InChI=1S/C23H25ClN4O4S/c1-13(2)32-22(29)19-14(3)18-20(25-23(24)26-21(18)33-19)28-8-6-27(7-9-28)11-15-4-5-16-17(10-15)31-12-30-16/h4-5,10,13H,6-9,11-12H2,1-3H3. The molecule has 0 amide bonds. The second-order valence-corrected chi connectivity index (χ2v) is 9.79. The van der Waals surface area contributed by atoms with Gasteiger partial charge in [0.05, 0.1) is 11.5 Å². The number of esters is 1. The summed E-state index contributed by atoms with van der Waals surface area (Å²) in [6, 6.07) is 6.10. The van der Waals surface area contributed by atoms with Crippen molar-refractivity contribution in [2.45, 2.75) is 33.4 Å². The summed E-state index contributed by atoms with van der Waals surface area (Å²) in [5.41, 5.74) is 2.04. The molecule has 2 aromatic heterocycles. The van der Waals surface area contributed by atoms with Crippen molar-refractivity contribution in [3.63, 3.8) is 0 Å². The fourth-order valence-electron chi connectivity index (χ4n) is 4.20. The molecule has 2 aliphatic heterocycles. The van der Waals surface area contributed by atoms with Gasteiger partial charge in [-0.15, -0.1) is 11.3 Å². The smallest absolute Gasteiger partial charge is 0.348 e. The van der Waals surface area contributed by atoms with E-state index in [1.807, 2.05) is 26.8 Å². The number of piperazine rings is 1. The third kappa shape index (κ3) is 4.45. The van der Waals surface area contributed by atoms with Crippen LogP contribution in [0.2, 0.25) is 5.28 Å². The highest BCUT2D eigenvalue weighted by Crippen LogP contribution is 2.37. The first-order valence-electron chi connectivity index (χ1n) is 10.9. The second-order valence-electron chi connectivity index (χ2n) is 8.46. The Morgan fingerprint density at radius 2 is 1.94 bits per heavy atom. The van der Waals surface area contributed by atoms with Crippen molar-refractivity contribution in [2.24, 2.45) is 0 Å². The Hall–Kier alpha value is -2.62. The molecule has 0 saturated carbocycles. The number of hydrogen-bond donors (Lipinski definition) is 0. The first-order chi connectivity index (χ1) is 15.9. The van der Waals surface area contributed by atoms with Gasteiger partial charge in [0, 0.05) is 32.7 Å². The van der Waals surface area contributed by atoms with Gasteiger partial charge in [-0.1, -0.05) is 6.07 Å². The van der Waals surface area contributed by atoms with E-state index in [0.29, 0.717) is 9.71 Å². The summed E-state index contributed by atoms with van der Waals surface area (Å²) in [6.45, 7) is 10.1. The van der Waals surface area contributed by atoms with Gasteiger partial charge in [0.1, 0.15) is 15.5 Å². The molecule has 5 rings (SSSR count). The Morgan fingerprint density at radius 1 is 1.18 bits per heavy atom. The topological polar surface area (TPSA) is 77.0 Å². The number of anilines is 1. The number of fused-ring (bicyclic) bond motifs is 2. The van der Waals surface area contributed by atoms with Gasteiger partial charge in [-0.3, -0.25) is 4.90 Å². The van der Waals surface area contributed by atoms with Crippen molar-refractivity contribution in [3.05, 3.63) is 39.5 Å². The molecule has 0 radical (unpaired) electrons. The molecular formula is C23H25ClN4O4S. The number of aromatic nitrogens is 2. The summed E-state index contributed by atoms with van der Waals surface area (Å²) in [7, 11) is 0. The molecule has 1 fully saturated rings. The highest BCUT2D eigenvalue weighted by Gasteiger charge is 2.26. The molecule has 0 aliphatic carbocycles. The van der Waals surface area contributed by atoms with Crippen LogP contribution in [0.15, 0.2) is 18.2 Å². The van der Waals surface area contributed by atoms with E-state index in [4.69, 9.17) is 25.8 Å². The average molecular weight is 489 g/mol. The Labute approximate surface area is 201 Å². The molecule has 174 valence electrons. The van der Waals surface area contributed by atoms with Gasteiger partial charge in [-0.25, -0.2) is 9.78 Å². The summed E-state index contributed by atoms with van der Waals surface area (Å²) in [5, 5.41) is 1.06. The fourth-order valence-corrected chi connectivity index (χ4v) is 5.47. The molecule has 10 heteroatoms. The minimum atomic E-state index is -0.332. The second kappa shape index (κ2) is 8.96. The molecule has 0 unspecified atom stereocenters. The predicted octanol–water partition coefficient (Wildman–Crippen LogP) is 4.27. The van der Waals surface area contributed by atoms with Gasteiger partial charge in [0.2, 0.25) is 12.1 Å². The van der Waals surface area contributed by atoms with Crippen molar-refractivity contribution in [1.82, 2.24) is 14.9 Å². The number of nitrogens with zero attached hydrogens (tertiary/aromatic N) is 4. The maximum absolute atomic E-state index is 12.6. The van der Waals surface area contributed by atoms with Crippen LogP contribution in [0.3, 0.4) is 0 Å². The molecule has 0 spiro atoms. The van der Waals surface area contributed by atoms with Gasteiger partial charge >= 0.3 is 5.97 Å². The van der Waals surface area contributed by atoms with Crippen LogP contribution < -0.4 is 14.4 Å². The van der Waals surface area contributed by atoms with E-state index in [9.17, 15) is 4.79 Å². The summed E-state index contributed by atoms with van der Waals surface area (Å²) < 4.78 is 16.3. The van der Waals surface area contributed by atoms with E-state index < -0.39 is 0 Å². The predicted molar refractivity (Wildman–Crippen MR) is 128 cm³/mol. The quantitative estimate of drug-likeness (QED) is 0.389. The molecule has 3 aromatic rings. The molecule has 1 aromatic carbocycles. The minimum Gasteiger partial charge on any atom is -0.459 e. The lowest BCUT2D eigenvalue weighted by Gasteiger charge is -2.35. The van der Waals surface area contributed by atoms with Gasteiger partial charge in [0.25, 0.3) is 0 Å². The lowest BCUT2D eigenvalue weighted by atomic mass is 10.1. The summed E-state index contributed by atoms with van der Waals surface area (Å²) in [6.07, 6.45) is -0.186. The zero-order valence-corrected chi connectivity index (χ0v) is 20.3. The Morgan fingerprint density at radius 3 is 2.70 bits per heavy atom. The van der Waals surface area contributed by atoms with Crippen LogP contribution in [-0.2, 0) is 11.3 Å². The van der Waals surface area contributed by atoms with Crippen molar-refractivity contribution >= 4 is 44.9 Å².